The van der Waals surface area contributed by atoms with Gasteiger partial charge >= 0.3 is 0 Å². The lowest BCUT2D eigenvalue weighted by molar-refractivity contribution is 0.104. The first kappa shape index (κ1) is 15.3. The van der Waals surface area contributed by atoms with E-state index in [-0.39, 0.29) is 5.78 Å². The van der Waals surface area contributed by atoms with Crippen LogP contribution in [0.25, 0.3) is 6.08 Å². The van der Waals surface area contributed by atoms with Crippen molar-refractivity contribution in [1.29, 1.82) is 0 Å². The van der Waals surface area contributed by atoms with Crippen LogP contribution in [0, 0.1) is 0 Å². The molecule has 0 saturated carbocycles. The largest absolute Gasteiger partial charge is 0.497 e. The van der Waals surface area contributed by atoms with Gasteiger partial charge in [0.2, 0.25) is 0 Å². The molecule has 0 heterocycles. The number of hydrogen-bond donors (Lipinski definition) is 0. The standard InChI is InChI=1S/C17H15BrO3/c1-20-14-5-3-4-12(10-14)6-8-16(19)13-7-9-17(21-2)15(18)11-13/h3-11H,1-2H3/b8-6+. The maximum absolute atomic E-state index is 12.1. The van der Waals surface area contributed by atoms with Crippen molar-refractivity contribution in [2.75, 3.05) is 14.2 Å². The second-order valence-electron chi connectivity index (χ2n) is 4.32. The maximum atomic E-state index is 12.1. The highest BCUT2D eigenvalue weighted by atomic mass is 79.9. The lowest BCUT2D eigenvalue weighted by Crippen LogP contribution is -1.95. The first-order valence-electron chi connectivity index (χ1n) is 6.34. The number of benzene rings is 2. The molecule has 2 aromatic rings. The molecule has 2 rings (SSSR count). The molecule has 0 unspecified atom stereocenters. The highest BCUT2D eigenvalue weighted by Crippen LogP contribution is 2.26. The van der Waals surface area contributed by atoms with Crippen molar-refractivity contribution in [2.45, 2.75) is 0 Å². The second-order valence-corrected chi connectivity index (χ2v) is 5.18. The van der Waals surface area contributed by atoms with Gasteiger partial charge in [-0.2, -0.15) is 0 Å². The third kappa shape index (κ3) is 3.95. The summed E-state index contributed by atoms with van der Waals surface area (Å²) in [6, 6.07) is 12.8. The molecule has 0 aliphatic heterocycles. The molecule has 0 saturated heterocycles. The highest BCUT2D eigenvalue weighted by molar-refractivity contribution is 9.10. The minimum atomic E-state index is -0.0684. The Balaban J connectivity index is 2.17. The third-order valence-electron chi connectivity index (χ3n) is 2.96. The molecule has 2 aromatic carbocycles. The first-order valence-corrected chi connectivity index (χ1v) is 7.13. The Hall–Kier alpha value is -2.07. The molecule has 108 valence electrons. The second kappa shape index (κ2) is 7.09. The lowest BCUT2D eigenvalue weighted by Gasteiger charge is -2.04. The number of hydrogen-bond acceptors (Lipinski definition) is 3. The van der Waals surface area contributed by atoms with Crippen molar-refractivity contribution < 1.29 is 14.3 Å². The number of halogens is 1. The molecule has 0 amide bonds. The van der Waals surface area contributed by atoms with Gasteiger partial charge < -0.3 is 9.47 Å². The van der Waals surface area contributed by atoms with Gasteiger partial charge in [0.05, 0.1) is 18.7 Å². The Bertz CT molecular complexity index is 677. The van der Waals surface area contributed by atoms with E-state index >= 15 is 0 Å². The Morgan fingerprint density at radius 2 is 1.90 bits per heavy atom. The zero-order chi connectivity index (χ0) is 15.2. The number of methoxy groups -OCH3 is 2. The minimum Gasteiger partial charge on any atom is -0.497 e. The quantitative estimate of drug-likeness (QED) is 0.595. The maximum Gasteiger partial charge on any atom is 0.185 e. The molecule has 0 bridgehead atoms. The minimum absolute atomic E-state index is 0.0684. The number of rotatable bonds is 5. The highest BCUT2D eigenvalue weighted by Gasteiger charge is 2.06. The van der Waals surface area contributed by atoms with E-state index in [1.54, 1.807) is 44.6 Å². The van der Waals surface area contributed by atoms with Gasteiger partial charge in [0.25, 0.3) is 0 Å². The van der Waals surface area contributed by atoms with Gasteiger partial charge in [-0.25, -0.2) is 0 Å². The SMILES string of the molecule is COc1cccc(/C=C/C(=O)c2ccc(OC)c(Br)c2)c1. The van der Waals surface area contributed by atoms with E-state index in [2.05, 4.69) is 15.9 Å². The predicted octanol–water partition coefficient (Wildman–Crippen LogP) is 4.36. The van der Waals surface area contributed by atoms with E-state index in [4.69, 9.17) is 9.47 Å². The first-order chi connectivity index (χ1) is 10.1. The molecule has 0 aliphatic carbocycles. The fourth-order valence-corrected chi connectivity index (χ4v) is 2.37. The summed E-state index contributed by atoms with van der Waals surface area (Å²) in [5.41, 5.74) is 1.51. The summed E-state index contributed by atoms with van der Waals surface area (Å²) in [5.74, 6) is 1.39. The number of ether oxygens (including phenoxy) is 2. The summed E-state index contributed by atoms with van der Waals surface area (Å²) in [4.78, 5) is 12.1. The van der Waals surface area contributed by atoms with Crippen LogP contribution in [0.1, 0.15) is 15.9 Å². The average molecular weight is 347 g/mol. The predicted molar refractivity (Wildman–Crippen MR) is 87.1 cm³/mol. The van der Waals surface area contributed by atoms with Crippen LogP contribution in [0.3, 0.4) is 0 Å². The van der Waals surface area contributed by atoms with Crippen molar-refractivity contribution in [3.63, 3.8) is 0 Å². The van der Waals surface area contributed by atoms with Crippen LogP contribution < -0.4 is 9.47 Å². The number of ketones is 1. The molecule has 0 spiro atoms. The number of allylic oxidation sites excluding steroid dienone is 1. The summed E-state index contributed by atoms with van der Waals surface area (Å²) >= 11 is 3.37. The fraction of sp³-hybridized carbons (Fsp3) is 0.118. The molecule has 0 aliphatic rings. The van der Waals surface area contributed by atoms with E-state index in [0.29, 0.717) is 11.3 Å². The molecule has 3 nitrogen and oxygen atoms in total. The summed E-state index contributed by atoms with van der Waals surface area (Å²) in [6.45, 7) is 0. The van der Waals surface area contributed by atoms with E-state index in [9.17, 15) is 4.79 Å². The third-order valence-corrected chi connectivity index (χ3v) is 3.58. The molecular formula is C17H15BrO3. The Kier molecular flexibility index (Phi) is 5.17. The number of carbonyl (C=O) groups is 1. The van der Waals surface area contributed by atoms with Crippen molar-refractivity contribution in [3.8, 4) is 11.5 Å². The Labute approximate surface area is 132 Å². The van der Waals surface area contributed by atoms with E-state index in [1.165, 1.54) is 0 Å². The lowest BCUT2D eigenvalue weighted by atomic mass is 10.1. The molecule has 0 aromatic heterocycles. The summed E-state index contributed by atoms with van der Waals surface area (Å²) in [6.07, 6.45) is 3.31. The zero-order valence-corrected chi connectivity index (χ0v) is 13.4. The van der Waals surface area contributed by atoms with Crippen molar-refractivity contribution in [2.24, 2.45) is 0 Å². The summed E-state index contributed by atoms with van der Waals surface area (Å²) in [7, 11) is 3.20. The van der Waals surface area contributed by atoms with Gasteiger partial charge in [-0.15, -0.1) is 0 Å². The smallest absolute Gasteiger partial charge is 0.185 e. The van der Waals surface area contributed by atoms with E-state index in [1.807, 2.05) is 24.3 Å². The van der Waals surface area contributed by atoms with Gasteiger partial charge in [0.15, 0.2) is 5.78 Å². The molecule has 21 heavy (non-hydrogen) atoms. The fourth-order valence-electron chi connectivity index (χ4n) is 1.83. The van der Waals surface area contributed by atoms with Crippen molar-refractivity contribution in [1.82, 2.24) is 0 Å². The van der Waals surface area contributed by atoms with Crippen LogP contribution in [0.15, 0.2) is 53.0 Å². The van der Waals surface area contributed by atoms with Crippen molar-refractivity contribution in [3.05, 3.63) is 64.1 Å². The molecule has 0 radical (unpaired) electrons. The molecule has 4 heteroatoms. The topological polar surface area (TPSA) is 35.5 Å². The van der Waals surface area contributed by atoms with Gasteiger partial charge in [-0.3, -0.25) is 4.79 Å². The van der Waals surface area contributed by atoms with Crippen LogP contribution in [-0.2, 0) is 0 Å². The monoisotopic (exact) mass is 346 g/mol. The van der Waals surface area contributed by atoms with Gasteiger partial charge in [-0.05, 0) is 57.9 Å². The molecule has 0 fully saturated rings. The van der Waals surface area contributed by atoms with Crippen LogP contribution >= 0.6 is 15.9 Å². The Morgan fingerprint density at radius 1 is 1.10 bits per heavy atom. The zero-order valence-electron chi connectivity index (χ0n) is 11.8. The van der Waals surface area contributed by atoms with Gasteiger partial charge in [0.1, 0.15) is 11.5 Å². The normalized spacial score (nSPS) is 10.6. The average Bonchev–Trinajstić information content (AvgIpc) is 2.52. The Morgan fingerprint density at radius 3 is 2.57 bits per heavy atom. The van der Waals surface area contributed by atoms with Gasteiger partial charge in [-0.1, -0.05) is 18.2 Å². The molecule has 0 atom stereocenters. The van der Waals surface area contributed by atoms with E-state index < -0.39 is 0 Å². The van der Waals surface area contributed by atoms with Crippen molar-refractivity contribution >= 4 is 27.8 Å². The molecule has 0 N–H and O–H groups in total. The van der Waals surface area contributed by atoms with Crippen LogP contribution in [0.4, 0.5) is 0 Å². The molecular weight excluding hydrogens is 332 g/mol. The van der Waals surface area contributed by atoms with Crippen LogP contribution in [-0.4, -0.2) is 20.0 Å². The van der Waals surface area contributed by atoms with Crippen LogP contribution in [0.5, 0.6) is 11.5 Å². The van der Waals surface area contributed by atoms with E-state index in [0.717, 1.165) is 15.8 Å². The van der Waals surface area contributed by atoms with Crippen LogP contribution in [0.2, 0.25) is 0 Å². The summed E-state index contributed by atoms with van der Waals surface area (Å²) in [5, 5.41) is 0. The number of carbonyl (C=O) groups excluding carboxylic acids is 1. The van der Waals surface area contributed by atoms with Gasteiger partial charge in [0, 0.05) is 5.56 Å². The summed E-state index contributed by atoms with van der Waals surface area (Å²) < 4.78 is 11.0.